The number of thioether (sulfide) groups is 1. The van der Waals surface area contributed by atoms with Gasteiger partial charge in [0, 0.05) is 23.3 Å². The lowest BCUT2D eigenvalue weighted by molar-refractivity contribution is 0.0691. The number of H-pyrrole nitrogens is 1. The Bertz CT molecular complexity index is 371. The highest BCUT2D eigenvalue weighted by atomic mass is 32.2. The second-order valence-corrected chi connectivity index (χ2v) is 4.36. The van der Waals surface area contributed by atoms with E-state index in [0.717, 1.165) is 23.8 Å². The molecule has 2 rings (SSSR count). The number of hydrogen-bond donors (Lipinski definition) is 1. The van der Waals surface area contributed by atoms with Crippen molar-refractivity contribution in [3.05, 3.63) is 27.9 Å². The van der Waals surface area contributed by atoms with Gasteiger partial charge in [-0.05, 0) is 6.92 Å². The molecule has 1 aromatic heterocycles. The zero-order chi connectivity index (χ0) is 9.97. The first-order valence-electron chi connectivity index (χ1n) is 4.53. The van der Waals surface area contributed by atoms with Crippen LogP contribution in [0.25, 0.3) is 0 Å². The number of rotatable bonds is 1. The maximum atomic E-state index is 11.2. The van der Waals surface area contributed by atoms with Gasteiger partial charge in [-0.1, -0.05) is 0 Å². The quantitative estimate of drug-likeness (QED) is 0.751. The Morgan fingerprint density at radius 2 is 2.57 bits per heavy atom. The van der Waals surface area contributed by atoms with Crippen LogP contribution in [0, 0.1) is 6.92 Å². The highest BCUT2D eigenvalue weighted by molar-refractivity contribution is 7.99. The summed E-state index contributed by atoms with van der Waals surface area (Å²) in [5.74, 6) is 2.54. The molecular weight excluding hydrogens is 200 g/mol. The van der Waals surface area contributed by atoms with E-state index in [1.54, 1.807) is 0 Å². The van der Waals surface area contributed by atoms with Crippen molar-refractivity contribution in [3.8, 4) is 0 Å². The first kappa shape index (κ1) is 9.73. The van der Waals surface area contributed by atoms with Crippen molar-refractivity contribution in [1.82, 2.24) is 9.97 Å². The molecule has 1 aliphatic rings. The molecule has 2 heterocycles. The lowest BCUT2D eigenvalue weighted by atomic mass is 10.3. The minimum atomic E-state index is -0.105. The van der Waals surface area contributed by atoms with E-state index in [1.807, 2.05) is 18.7 Å². The average molecular weight is 212 g/mol. The van der Waals surface area contributed by atoms with E-state index in [4.69, 9.17) is 4.74 Å². The number of hydrogen-bond acceptors (Lipinski definition) is 4. The number of ether oxygens (including phenoxy) is 1. The second kappa shape index (κ2) is 4.14. The van der Waals surface area contributed by atoms with Gasteiger partial charge >= 0.3 is 0 Å². The number of aryl methyl sites for hydroxylation is 1. The SMILES string of the molecule is Cc1cc(=O)[nH]c(C2CSCCO2)n1. The Hall–Kier alpha value is -0.810. The monoisotopic (exact) mass is 212 g/mol. The van der Waals surface area contributed by atoms with Crippen LogP contribution in [0.15, 0.2) is 10.9 Å². The Labute approximate surface area is 86.1 Å². The Morgan fingerprint density at radius 1 is 1.71 bits per heavy atom. The van der Waals surface area contributed by atoms with Crippen LogP contribution in [0.1, 0.15) is 17.6 Å². The molecule has 1 atom stereocenters. The van der Waals surface area contributed by atoms with Crippen molar-refractivity contribution in [2.45, 2.75) is 13.0 Å². The number of aromatic amines is 1. The minimum absolute atomic E-state index is 0.0543. The van der Waals surface area contributed by atoms with Crippen LogP contribution < -0.4 is 5.56 Å². The molecule has 0 spiro atoms. The van der Waals surface area contributed by atoms with Gasteiger partial charge < -0.3 is 9.72 Å². The zero-order valence-electron chi connectivity index (χ0n) is 7.95. The van der Waals surface area contributed by atoms with Crippen molar-refractivity contribution >= 4 is 11.8 Å². The van der Waals surface area contributed by atoms with E-state index >= 15 is 0 Å². The van der Waals surface area contributed by atoms with Crippen LogP contribution in [-0.2, 0) is 4.74 Å². The maximum absolute atomic E-state index is 11.2. The molecule has 0 aromatic carbocycles. The van der Waals surface area contributed by atoms with Gasteiger partial charge in [0.2, 0.25) is 0 Å². The molecule has 14 heavy (non-hydrogen) atoms. The third kappa shape index (κ3) is 2.16. The van der Waals surface area contributed by atoms with Crippen molar-refractivity contribution in [2.75, 3.05) is 18.1 Å². The predicted molar refractivity (Wildman–Crippen MR) is 55.6 cm³/mol. The molecule has 1 saturated heterocycles. The molecular formula is C9H12N2O2S. The molecule has 1 aromatic rings. The standard InChI is InChI=1S/C9H12N2O2S/c1-6-4-8(12)11-9(10-6)7-5-14-3-2-13-7/h4,7H,2-3,5H2,1H3,(H,10,11,12). The van der Waals surface area contributed by atoms with Crippen molar-refractivity contribution in [3.63, 3.8) is 0 Å². The van der Waals surface area contributed by atoms with E-state index in [0.29, 0.717) is 5.82 Å². The highest BCUT2D eigenvalue weighted by Crippen LogP contribution is 2.23. The normalized spacial score (nSPS) is 22.2. The van der Waals surface area contributed by atoms with E-state index < -0.39 is 0 Å². The van der Waals surface area contributed by atoms with Gasteiger partial charge in [0.1, 0.15) is 11.9 Å². The molecule has 0 amide bonds. The van der Waals surface area contributed by atoms with E-state index in [9.17, 15) is 4.79 Å². The summed E-state index contributed by atoms with van der Waals surface area (Å²) in [4.78, 5) is 18.2. The Balaban J connectivity index is 2.26. The highest BCUT2D eigenvalue weighted by Gasteiger charge is 2.18. The smallest absolute Gasteiger partial charge is 0.251 e. The molecule has 5 heteroatoms. The molecule has 4 nitrogen and oxygen atoms in total. The largest absolute Gasteiger partial charge is 0.369 e. The fourth-order valence-corrected chi connectivity index (χ4v) is 2.25. The summed E-state index contributed by atoms with van der Waals surface area (Å²) < 4.78 is 5.52. The molecule has 0 radical (unpaired) electrons. The zero-order valence-corrected chi connectivity index (χ0v) is 8.76. The summed E-state index contributed by atoms with van der Waals surface area (Å²) in [6, 6.07) is 1.49. The molecule has 0 bridgehead atoms. The van der Waals surface area contributed by atoms with Gasteiger partial charge in [0.25, 0.3) is 5.56 Å². The lowest BCUT2D eigenvalue weighted by Crippen LogP contribution is -2.21. The molecule has 1 N–H and O–H groups in total. The van der Waals surface area contributed by atoms with Gasteiger partial charge in [0.05, 0.1) is 6.61 Å². The second-order valence-electron chi connectivity index (χ2n) is 3.21. The first-order valence-corrected chi connectivity index (χ1v) is 5.68. The third-order valence-corrected chi connectivity index (χ3v) is 3.00. The molecule has 1 unspecified atom stereocenters. The first-order chi connectivity index (χ1) is 6.75. The maximum Gasteiger partial charge on any atom is 0.251 e. The summed E-state index contributed by atoms with van der Waals surface area (Å²) in [6.07, 6.45) is -0.0543. The van der Waals surface area contributed by atoms with Gasteiger partial charge in [-0.3, -0.25) is 4.79 Å². The third-order valence-electron chi connectivity index (χ3n) is 2.01. The summed E-state index contributed by atoms with van der Waals surface area (Å²) in [5, 5.41) is 0. The fourth-order valence-electron chi connectivity index (χ4n) is 1.40. The van der Waals surface area contributed by atoms with E-state index in [2.05, 4.69) is 9.97 Å². The number of nitrogens with zero attached hydrogens (tertiary/aromatic N) is 1. The van der Waals surface area contributed by atoms with Crippen molar-refractivity contribution in [1.29, 1.82) is 0 Å². The van der Waals surface area contributed by atoms with Crippen molar-refractivity contribution in [2.24, 2.45) is 0 Å². The Kier molecular flexibility index (Phi) is 2.88. The summed E-state index contributed by atoms with van der Waals surface area (Å²) in [6.45, 7) is 2.54. The lowest BCUT2D eigenvalue weighted by Gasteiger charge is -2.21. The van der Waals surface area contributed by atoms with Crippen molar-refractivity contribution < 1.29 is 4.74 Å². The van der Waals surface area contributed by atoms with Crippen LogP contribution in [0.3, 0.4) is 0 Å². The van der Waals surface area contributed by atoms with Crippen LogP contribution in [0.2, 0.25) is 0 Å². The summed E-state index contributed by atoms with van der Waals surface area (Å²) >= 11 is 1.82. The van der Waals surface area contributed by atoms with Crippen LogP contribution in [0.4, 0.5) is 0 Å². The number of nitrogens with one attached hydrogen (secondary N) is 1. The van der Waals surface area contributed by atoms with Crippen LogP contribution >= 0.6 is 11.8 Å². The van der Waals surface area contributed by atoms with Crippen LogP contribution in [-0.4, -0.2) is 28.1 Å². The van der Waals surface area contributed by atoms with Gasteiger partial charge in [-0.2, -0.15) is 11.8 Å². The summed E-state index contributed by atoms with van der Waals surface area (Å²) in [5.41, 5.74) is 0.634. The predicted octanol–water partition coefficient (Wildman–Crippen LogP) is 0.883. The van der Waals surface area contributed by atoms with Gasteiger partial charge in [-0.25, -0.2) is 4.98 Å². The summed E-state index contributed by atoms with van der Waals surface area (Å²) in [7, 11) is 0. The Morgan fingerprint density at radius 3 is 3.21 bits per heavy atom. The van der Waals surface area contributed by atoms with Gasteiger partial charge in [0.15, 0.2) is 0 Å². The molecule has 1 aliphatic heterocycles. The fraction of sp³-hybridized carbons (Fsp3) is 0.556. The van der Waals surface area contributed by atoms with Crippen LogP contribution in [0.5, 0.6) is 0 Å². The van der Waals surface area contributed by atoms with E-state index in [-0.39, 0.29) is 11.7 Å². The molecule has 76 valence electrons. The van der Waals surface area contributed by atoms with Gasteiger partial charge in [-0.15, -0.1) is 0 Å². The molecule has 0 aliphatic carbocycles. The van der Waals surface area contributed by atoms with E-state index in [1.165, 1.54) is 6.07 Å². The topological polar surface area (TPSA) is 55.0 Å². The molecule has 0 saturated carbocycles. The average Bonchev–Trinajstić information content (AvgIpc) is 2.18. The molecule has 1 fully saturated rings. The minimum Gasteiger partial charge on any atom is -0.369 e. The number of aromatic nitrogens is 2.